The minimum atomic E-state index is -1.51. The summed E-state index contributed by atoms with van der Waals surface area (Å²) in [6.07, 6.45) is -0.146. The lowest BCUT2D eigenvalue weighted by Gasteiger charge is -2.40. The third-order valence-electron chi connectivity index (χ3n) is 2.41. The van der Waals surface area contributed by atoms with Gasteiger partial charge in [0, 0.05) is 0 Å². The van der Waals surface area contributed by atoms with E-state index in [0.29, 0.717) is 0 Å². The van der Waals surface area contributed by atoms with Crippen molar-refractivity contribution in [2.75, 3.05) is 0 Å². The highest BCUT2D eigenvalue weighted by atomic mass is 16.7. The van der Waals surface area contributed by atoms with E-state index in [1.807, 2.05) is 13.8 Å². The van der Waals surface area contributed by atoms with Crippen LogP contribution in [0.2, 0.25) is 0 Å². The first-order valence-electron chi connectivity index (χ1n) is 5.62. The number of ether oxygens (including phenoxy) is 2. The van der Waals surface area contributed by atoms with Crippen LogP contribution in [-0.4, -0.2) is 28.6 Å². The normalized spacial score (nSPS) is 16.4. The zero-order valence-corrected chi connectivity index (χ0v) is 11.3. The third kappa shape index (κ3) is 4.10. The number of carbonyl (C=O) groups excluding carboxylic acids is 1. The molecule has 4 nitrogen and oxygen atoms in total. The van der Waals surface area contributed by atoms with Crippen LogP contribution < -0.4 is 0 Å². The summed E-state index contributed by atoms with van der Waals surface area (Å²) in [5.41, 5.74) is -1.08. The fourth-order valence-electron chi connectivity index (χ4n) is 1.06. The second-order valence-electron chi connectivity index (χ2n) is 5.24. The average molecular weight is 232 g/mol. The number of rotatable bonds is 5. The Bertz CT molecular complexity index is 241. The molecular formula is C12H24O4. The SMILES string of the molecule is CC(C)OC(C)(O)C(C)(C)OC(=O)C(C)C. The van der Waals surface area contributed by atoms with E-state index in [-0.39, 0.29) is 18.0 Å². The van der Waals surface area contributed by atoms with Gasteiger partial charge in [-0.2, -0.15) is 0 Å². The van der Waals surface area contributed by atoms with Crippen LogP contribution in [0.1, 0.15) is 48.5 Å². The Labute approximate surface area is 97.9 Å². The summed E-state index contributed by atoms with van der Waals surface area (Å²) in [6.45, 7) is 11.9. The predicted octanol–water partition coefficient (Wildman–Crippen LogP) is 2.10. The second kappa shape index (κ2) is 5.15. The first-order chi connectivity index (χ1) is 6.99. The molecular weight excluding hydrogens is 208 g/mol. The molecule has 0 heterocycles. The van der Waals surface area contributed by atoms with E-state index in [2.05, 4.69) is 0 Å². The van der Waals surface area contributed by atoms with Crippen LogP contribution in [0.25, 0.3) is 0 Å². The minimum Gasteiger partial charge on any atom is -0.454 e. The van der Waals surface area contributed by atoms with Gasteiger partial charge in [0.15, 0.2) is 5.60 Å². The molecule has 16 heavy (non-hydrogen) atoms. The topological polar surface area (TPSA) is 55.8 Å². The van der Waals surface area contributed by atoms with Crippen molar-refractivity contribution in [1.82, 2.24) is 0 Å². The highest BCUT2D eigenvalue weighted by molar-refractivity contribution is 5.72. The Morgan fingerprint density at radius 2 is 1.56 bits per heavy atom. The van der Waals surface area contributed by atoms with Crippen LogP contribution in [0.4, 0.5) is 0 Å². The van der Waals surface area contributed by atoms with Crippen molar-refractivity contribution < 1.29 is 19.4 Å². The quantitative estimate of drug-likeness (QED) is 0.582. The zero-order chi connectivity index (χ0) is 13.1. The van der Waals surface area contributed by atoms with E-state index in [1.54, 1.807) is 27.7 Å². The molecule has 0 saturated carbocycles. The van der Waals surface area contributed by atoms with Crippen LogP contribution in [-0.2, 0) is 14.3 Å². The van der Waals surface area contributed by atoms with E-state index in [4.69, 9.17) is 9.47 Å². The molecule has 0 aromatic heterocycles. The largest absolute Gasteiger partial charge is 0.454 e. The highest BCUT2D eigenvalue weighted by Gasteiger charge is 2.45. The minimum absolute atomic E-state index is 0.146. The number of hydrogen-bond donors (Lipinski definition) is 1. The summed E-state index contributed by atoms with van der Waals surface area (Å²) in [4.78, 5) is 11.5. The van der Waals surface area contributed by atoms with Crippen LogP contribution in [0.3, 0.4) is 0 Å². The molecule has 0 bridgehead atoms. The molecule has 1 unspecified atom stereocenters. The van der Waals surface area contributed by atoms with Gasteiger partial charge in [0.05, 0.1) is 12.0 Å². The monoisotopic (exact) mass is 232 g/mol. The Morgan fingerprint density at radius 1 is 1.12 bits per heavy atom. The summed E-state index contributed by atoms with van der Waals surface area (Å²) in [6, 6.07) is 0. The van der Waals surface area contributed by atoms with E-state index in [9.17, 15) is 9.90 Å². The number of esters is 1. The number of aliphatic hydroxyl groups is 1. The fraction of sp³-hybridized carbons (Fsp3) is 0.917. The Hall–Kier alpha value is -0.610. The molecule has 4 heteroatoms. The van der Waals surface area contributed by atoms with Crippen molar-refractivity contribution >= 4 is 5.97 Å². The number of hydrogen-bond acceptors (Lipinski definition) is 4. The lowest BCUT2D eigenvalue weighted by atomic mass is 9.98. The Balaban J connectivity index is 4.69. The smallest absolute Gasteiger partial charge is 0.309 e. The van der Waals surface area contributed by atoms with Crippen molar-refractivity contribution in [2.45, 2.75) is 66.0 Å². The highest BCUT2D eigenvalue weighted by Crippen LogP contribution is 2.29. The van der Waals surface area contributed by atoms with E-state index in [0.717, 1.165) is 0 Å². The molecule has 0 aliphatic heterocycles. The van der Waals surface area contributed by atoms with E-state index >= 15 is 0 Å². The second-order valence-corrected chi connectivity index (χ2v) is 5.24. The molecule has 0 aliphatic carbocycles. The molecule has 0 saturated heterocycles. The van der Waals surface area contributed by atoms with Gasteiger partial charge in [0.1, 0.15) is 0 Å². The van der Waals surface area contributed by atoms with Crippen molar-refractivity contribution in [2.24, 2.45) is 5.92 Å². The molecule has 96 valence electrons. The zero-order valence-electron chi connectivity index (χ0n) is 11.3. The van der Waals surface area contributed by atoms with Crippen molar-refractivity contribution in [3.05, 3.63) is 0 Å². The van der Waals surface area contributed by atoms with Crippen LogP contribution >= 0.6 is 0 Å². The molecule has 1 N–H and O–H groups in total. The average Bonchev–Trinajstić information content (AvgIpc) is 1.99. The standard InChI is InChI=1S/C12H24O4/c1-8(2)10(13)16-11(5,6)12(7,14)15-9(3)4/h8-9,14H,1-7H3. The van der Waals surface area contributed by atoms with Gasteiger partial charge < -0.3 is 14.6 Å². The molecule has 0 rings (SSSR count). The third-order valence-corrected chi connectivity index (χ3v) is 2.41. The molecule has 0 aromatic rings. The van der Waals surface area contributed by atoms with Gasteiger partial charge in [-0.3, -0.25) is 4.79 Å². The molecule has 1 atom stereocenters. The summed E-state index contributed by atoms with van der Waals surface area (Å²) in [7, 11) is 0. The first kappa shape index (κ1) is 15.4. The summed E-state index contributed by atoms with van der Waals surface area (Å²) in [5.74, 6) is -2.09. The maximum absolute atomic E-state index is 11.5. The molecule has 0 radical (unpaired) electrons. The maximum Gasteiger partial charge on any atom is 0.309 e. The fourth-order valence-corrected chi connectivity index (χ4v) is 1.06. The van der Waals surface area contributed by atoms with Gasteiger partial charge in [0.25, 0.3) is 0 Å². The van der Waals surface area contributed by atoms with Gasteiger partial charge in [-0.25, -0.2) is 0 Å². The molecule has 0 amide bonds. The maximum atomic E-state index is 11.5. The predicted molar refractivity (Wildman–Crippen MR) is 61.9 cm³/mol. The molecule has 0 spiro atoms. The van der Waals surface area contributed by atoms with E-state index in [1.165, 1.54) is 6.92 Å². The van der Waals surface area contributed by atoms with Crippen LogP contribution in [0.5, 0.6) is 0 Å². The van der Waals surface area contributed by atoms with Gasteiger partial charge in [0.2, 0.25) is 5.79 Å². The van der Waals surface area contributed by atoms with Crippen molar-refractivity contribution in [3.8, 4) is 0 Å². The summed E-state index contributed by atoms with van der Waals surface area (Å²) in [5, 5.41) is 10.1. The van der Waals surface area contributed by atoms with Crippen molar-refractivity contribution in [1.29, 1.82) is 0 Å². The van der Waals surface area contributed by atoms with Crippen LogP contribution in [0, 0.1) is 5.92 Å². The molecule has 0 aliphatic rings. The van der Waals surface area contributed by atoms with Gasteiger partial charge in [-0.15, -0.1) is 0 Å². The van der Waals surface area contributed by atoms with Crippen LogP contribution in [0.15, 0.2) is 0 Å². The lowest BCUT2D eigenvalue weighted by Crippen LogP contribution is -2.54. The number of carbonyl (C=O) groups is 1. The van der Waals surface area contributed by atoms with Gasteiger partial charge in [-0.1, -0.05) is 13.8 Å². The molecule has 0 fully saturated rings. The Kier molecular flexibility index (Phi) is 4.95. The van der Waals surface area contributed by atoms with Crippen molar-refractivity contribution in [3.63, 3.8) is 0 Å². The van der Waals surface area contributed by atoms with E-state index < -0.39 is 11.4 Å². The summed E-state index contributed by atoms with van der Waals surface area (Å²) >= 11 is 0. The van der Waals surface area contributed by atoms with Gasteiger partial charge in [-0.05, 0) is 34.6 Å². The lowest BCUT2D eigenvalue weighted by molar-refractivity contribution is -0.297. The summed E-state index contributed by atoms with van der Waals surface area (Å²) < 4.78 is 10.6. The molecule has 0 aromatic carbocycles. The Morgan fingerprint density at radius 3 is 1.88 bits per heavy atom. The van der Waals surface area contributed by atoms with Gasteiger partial charge >= 0.3 is 5.97 Å². The first-order valence-corrected chi connectivity index (χ1v) is 5.62.